The standard InChI is InChI=1S/C16H18N4O4/c1-10-7-12(20-16(18-10)17-5-6-22-2)15(21)19-11-3-4-13-14(8-11)24-9-23-13/h3-4,7-8H,5-6,9H2,1-2H3,(H,19,21)(H,17,18,20). The number of rotatable bonds is 6. The van der Waals surface area contributed by atoms with Crippen molar-refractivity contribution >= 4 is 17.5 Å². The first-order chi connectivity index (χ1) is 11.7. The number of amides is 1. The summed E-state index contributed by atoms with van der Waals surface area (Å²) in [6.45, 7) is 3.08. The molecule has 0 aliphatic carbocycles. The molecular weight excluding hydrogens is 312 g/mol. The van der Waals surface area contributed by atoms with Crippen molar-refractivity contribution in [3.05, 3.63) is 35.7 Å². The normalized spacial score (nSPS) is 12.1. The second-order valence-corrected chi connectivity index (χ2v) is 5.16. The van der Waals surface area contributed by atoms with Crippen molar-refractivity contribution in [2.24, 2.45) is 0 Å². The molecule has 2 N–H and O–H groups in total. The molecule has 0 saturated heterocycles. The third-order valence-corrected chi connectivity index (χ3v) is 3.31. The second kappa shape index (κ2) is 7.14. The van der Waals surface area contributed by atoms with E-state index in [9.17, 15) is 4.79 Å². The molecule has 1 amide bonds. The van der Waals surface area contributed by atoms with Gasteiger partial charge in [0.05, 0.1) is 6.61 Å². The highest BCUT2D eigenvalue weighted by molar-refractivity contribution is 6.03. The van der Waals surface area contributed by atoms with Crippen LogP contribution in [0.2, 0.25) is 0 Å². The van der Waals surface area contributed by atoms with Crippen LogP contribution >= 0.6 is 0 Å². The molecule has 0 spiro atoms. The van der Waals surface area contributed by atoms with Crippen LogP contribution in [-0.2, 0) is 4.74 Å². The monoisotopic (exact) mass is 330 g/mol. The van der Waals surface area contributed by atoms with E-state index in [1.54, 1.807) is 38.3 Å². The topological polar surface area (TPSA) is 94.6 Å². The Bertz CT molecular complexity index is 751. The largest absolute Gasteiger partial charge is 0.454 e. The Morgan fingerprint density at radius 2 is 2.08 bits per heavy atom. The molecule has 0 radical (unpaired) electrons. The zero-order valence-electron chi connectivity index (χ0n) is 13.5. The van der Waals surface area contributed by atoms with Crippen LogP contribution in [0.5, 0.6) is 11.5 Å². The zero-order chi connectivity index (χ0) is 16.9. The van der Waals surface area contributed by atoms with E-state index in [-0.39, 0.29) is 18.4 Å². The molecule has 3 rings (SSSR count). The van der Waals surface area contributed by atoms with Crippen LogP contribution in [0.15, 0.2) is 24.3 Å². The summed E-state index contributed by atoms with van der Waals surface area (Å²) in [6, 6.07) is 6.84. The van der Waals surface area contributed by atoms with Crippen LogP contribution in [0.4, 0.5) is 11.6 Å². The number of carbonyl (C=O) groups is 1. The highest BCUT2D eigenvalue weighted by Crippen LogP contribution is 2.34. The van der Waals surface area contributed by atoms with Gasteiger partial charge in [-0.25, -0.2) is 9.97 Å². The van der Waals surface area contributed by atoms with Gasteiger partial charge in [-0.15, -0.1) is 0 Å². The number of nitrogens with one attached hydrogen (secondary N) is 2. The Hall–Kier alpha value is -2.87. The average Bonchev–Trinajstić information content (AvgIpc) is 3.02. The molecule has 24 heavy (non-hydrogen) atoms. The smallest absolute Gasteiger partial charge is 0.274 e. The molecule has 0 saturated carbocycles. The van der Waals surface area contributed by atoms with E-state index in [0.717, 1.165) is 0 Å². The summed E-state index contributed by atoms with van der Waals surface area (Å²) in [5.74, 6) is 1.33. The number of nitrogens with zero attached hydrogens (tertiary/aromatic N) is 2. The Morgan fingerprint density at radius 3 is 2.92 bits per heavy atom. The molecular formula is C16H18N4O4. The summed E-state index contributed by atoms with van der Waals surface area (Å²) in [5, 5.41) is 5.81. The fourth-order valence-electron chi connectivity index (χ4n) is 2.20. The average molecular weight is 330 g/mol. The maximum atomic E-state index is 12.4. The van der Waals surface area contributed by atoms with Crippen LogP contribution in [0, 0.1) is 6.92 Å². The minimum atomic E-state index is -0.325. The number of methoxy groups -OCH3 is 1. The molecule has 8 heteroatoms. The van der Waals surface area contributed by atoms with Crippen molar-refractivity contribution in [2.75, 3.05) is 37.7 Å². The van der Waals surface area contributed by atoms with Crippen molar-refractivity contribution in [2.45, 2.75) is 6.92 Å². The van der Waals surface area contributed by atoms with Crippen molar-refractivity contribution in [1.29, 1.82) is 0 Å². The predicted molar refractivity (Wildman–Crippen MR) is 87.7 cm³/mol. The van der Waals surface area contributed by atoms with Crippen molar-refractivity contribution in [3.8, 4) is 11.5 Å². The Labute approximate surface area is 139 Å². The Kier molecular flexibility index (Phi) is 4.76. The minimum Gasteiger partial charge on any atom is -0.454 e. The summed E-state index contributed by atoms with van der Waals surface area (Å²) in [6.07, 6.45) is 0. The number of carbonyl (C=O) groups excluding carboxylic acids is 1. The molecule has 1 aromatic carbocycles. The van der Waals surface area contributed by atoms with Gasteiger partial charge in [-0.2, -0.15) is 0 Å². The Balaban J connectivity index is 1.72. The lowest BCUT2D eigenvalue weighted by Crippen LogP contribution is -2.17. The number of aryl methyl sites for hydroxylation is 1. The summed E-state index contributed by atoms with van der Waals surface area (Å²) in [5.41, 5.74) is 1.58. The molecule has 1 aliphatic heterocycles. The molecule has 126 valence electrons. The lowest BCUT2D eigenvalue weighted by Gasteiger charge is -2.09. The number of hydrogen-bond acceptors (Lipinski definition) is 7. The third-order valence-electron chi connectivity index (χ3n) is 3.31. The van der Waals surface area contributed by atoms with E-state index in [0.29, 0.717) is 42.0 Å². The highest BCUT2D eigenvalue weighted by atomic mass is 16.7. The van der Waals surface area contributed by atoms with Gasteiger partial charge in [-0.1, -0.05) is 0 Å². The van der Waals surface area contributed by atoms with Gasteiger partial charge in [-0.3, -0.25) is 4.79 Å². The first-order valence-electron chi connectivity index (χ1n) is 7.45. The van der Waals surface area contributed by atoms with Gasteiger partial charge in [-0.05, 0) is 25.1 Å². The van der Waals surface area contributed by atoms with Crippen LogP contribution in [0.25, 0.3) is 0 Å². The summed E-state index contributed by atoms with van der Waals surface area (Å²) in [7, 11) is 1.61. The van der Waals surface area contributed by atoms with Crippen molar-refractivity contribution in [3.63, 3.8) is 0 Å². The predicted octanol–water partition coefficient (Wildman–Crippen LogP) is 1.82. The van der Waals surface area contributed by atoms with Gasteiger partial charge in [0.25, 0.3) is 5.91 Å². The molecule has 8 nitrogen and oxygen atoms in total. The highest BCUT2D eigenvalue weighted by Gasteiger charge is 2.16. The number of ether oxygens (including phenoxy) is 3. The van der Waals surface area contributed by atoms with Gasteiger partial charge in [0.15, 0.2) is 11.5 Å². The van der Waals surface area contributed by atoms with Gasteiger partial charge in [0.1, 0.15) is 5.69 Å². The van der Waals surface area contributed by atoms with E-state index in [1.807, 2.05) is 0 Å². The number of benzene rings is 1. The number of fused-ring (bicyclic) bond motifs is 1. The number of aromatic nitrogens is 2. The molecule has 1 aliphatic rings. The van der Waals surface area contributed by atoms with E-state index < -0.39 is 0 Å². The first-order valence-corrected chi connectivity index (χ1v) is 7.45. The fraction of sp³-hybridized carbons (Fsp3) is 0.312. The van der Waals surface area contributed by atoms with Gasteiger partial charge < -0.3 is 24.8 Å². The van der Waals surface area contributed by atoms with E-state index in [2.05, 4.69) is 20.6 Å². The van der Waals surface area contributed by atoms with Crippen molar-refractivity contribution in [1.82, 2.24) is 9.97 Å². The minimum absolute atomic E-state index is 0.189. The summed E-state index contributed by atoms with van der Waals surface area (Å²) >= 11 is 0. The first kappa shape index (κ1) is 16.0. The SMILES string of the molecule is COCCNc1nc(C)cc(C(=O)Nc2ccc3c(c2)OCO3)n1. The van der Waals surface area contributed by atoms with E-state index in [1.165, 1.54) is 0 Å². The van der Waals surface area contributed by atoms with Crippen LogP contribution in [0.1, 0.15) is 16.2 Å². The molecule has 0 unspecified atom stereocenters. The van der Waals surface area contributed by atoms with Crippen LogP contribution in [0.3, 0.4) is 0 Å². The van der Waals surface area contributed by atoms with E-state index >= 15 is 0 Å². The molecule has 0 bridgehead atoms. The maximum Gasteiger partial charge on any atom is 0.274 e. The molecule has 2 heterocycles. The number of anilines is 2. The molecule has 2 aromatic rings. The zero-order valence-corrected chi connectivity index (χ0v) is 13.5. The summed E-state index contributed by atoms with van der Waals surface area (Å²) in [4.78, 5) is 20.9. The van der Waals surface area contributed by atoms with E-state index in [4.69, 9.17) is 14.2 Å². The van der Waals surface area contributed by atoms with Gasteiger partial charge in [0, 0.05) is 31.1 Å². The Morgan fingerprint density at radius 1 is 1.25 bits per heavy atom. The fourth-order valence-corrected chi connectivity index (χ4v) is 2.20. The maximum absolute atomic E-state index is 12.4. The third kappa shape index (κ3) is 3.72. The van der Waals surface area contributed by atoms with Crippen LogP contribution < -0.4 is 20.1 Å². The lowest BCUT2D eigenvalue weighted by molar-refractivity contribution is 0.102. The molecule has 0 fully saturated rings. The van der Waals surface area contributed by atoms with Gasteiger partial charge >= 0.3 is 0 Å². The lowest BCUT2D eigenvalue weighted by atomic mass is 10.2. The van der Waals surface area contributed by atoms with Crippen LogP contribution in [-0.4, -0.2) is 42.9 Å². The molecule has 0 atom stereocenters. The van der Waals surface area contributed by atoms with Gasteiger partial charge in [0.2, 0.25) is 12.7 Å². The number of hydrogen-bond donors (Lipinski definition) is 2. The quantitative estimate of drug-likeness (QED) is 0.780. The summed E-state index contributed by atoms with van der Waals surface area (Å²) < 4.78 is 15.5. The second-order valence-electron chi connectivity index (χ2n) is 5.16. The molecule has 1 aromatic heterocycles. The van der Waals surface area contributed by atoms with Crippen molar-refractivity contribution < 1.29 is 19.0 Å².